The lowest BCUT2D eigenvalue weighted by Crippen LogP contribution is -2.03. The molecule has 1 aromatic carbocycles. The Labute approximate surface area is 243 Å². The average molecular weight is 661 g/mol. The minimum atomic E-state index is 0.449. The molecule has 0 aliphatic heterocycles. The molecule has 0 amide bonds. The lowest BCUT2D eigenvalue weighted by atomic mass is 10.1. The highest BCUT2D eigenvalue weighted by atomic mass is 127. The lowest BCUT2D eigenvalue weighted by Gasteiger charge is -2.15. The number of rotatable bonds is 7. The smallest absolute Gasteiger partial charge is 0.184 e. The van der Waals surface area contributed by atoms with E-state index in [0.717, 1.165) is 33.8 Å². The number of pyridine rings is 1. The van der Waals surface area contributed by atoms with E-state index in [2.05, 4.69) is 57.7 Å². The van der Waals surface area contributed by atoms with Crippen molar-refractivity contribution in [2.45, 2.75) is 41.5 Å². The van der Waals surface area contributed by atoms with E-state index in [1.807, 2.05) is 83.3 Å². The van der Waals surface area contributed by atoms with Crippen LogP contribution in [-0.4, -0.2) is 46.1 Å². The van der Waals surface area contributed by atoms with E-state index in [4.69, 9.17) is 9.72 Å². The van der Waals surface area contributed by atoms with Crippen LogP contribution in [0, 0.1) is 13.8 Å². The molecule has 11 nitrogen and oxygen atoms in total. The Morgan fingerprint density at radius 2 is 1.64 bits per heavy atom. The molecule has 4 heterocycles. The SMILES string of the molecule is CC.CC.COc1c(Nc2cc(Nc3cc(C)nc(C)n3)nc3c2ncn3PI)cccc1-c1ncn(C)n1. The van der Waals surface area contributed by atoms with Crippen LogP contribution in [0.2, 0.25) is 0 Å². The lowest BCUT2D eigenvalue weighted by molar-refractivity contribution is 0.418. The molecule has 5 rings (SSSR count). The van der Waals surface area contributed by atoms with E-state index >= 15 is 0 Å². The third-order valence-electron chi connectivity index (χ3n) is 5.15. The summed E-state index contributed by atoms with van der Waals surface area (Å²) in [7, 11) is 3.46. The van der Waals surface area contributed by atoms with Gasteiger partial charge in [-0.25, -0.2) is 24.9 Å². The molecule has 4 aromatic heterocycles. The maximum Gasteiger partial charge on any atom is 0.184 e. The van der Waals surface area contributed by atoms with Crippen LogP contribution < -0.4 is 15.4 Å². The van der Waals surface area contributed by atoms with Gasteiger partial charge in [0, 0.05) is 24.9 Å². The molecule has 5 aromatic rings. The van der Waals surface area contributed by atoms with Crippen LogP contribution in [0.3, 0.4) is 0 Å². The van der Waals surface area contributed by atoms with Crippen molar-refractivity contribution >= 4 is 62.6 Å². The van der Waals surface area contributed by atoms with Gasteiger partial charge in [-0.1, -0.05) is 33.8 Å². The molecule has 1 atom stereocenters. The number of fused-ring (bicyclic) bond motifs is 1. The first-order valence-electron chi connectivity index (χ1n) is 12.6. The Bertz CT molecular complexity index is 1510. The summed E-state index contributed by atoms with van der Waals surface area (Å²) in [5.74, 6) is 3.22. The molecule has 0 bridgehead atoms. The Morgan fingerprint density at radius 3 is 2.28 bits per heavy atom. The van der Waals surface area contributed by atoms with Gasteiger partial charge >= 0.3 is 0 Å². The first-order chi connectivity index (χ1) is 18.9. The molecule has 206 valence electrons. The van der Waals surface area contributed by atoms with E-state index in [-0.39, 0.29) is 0 Å². The molecule has 0 saturated carbocycles. The number of imidazole rings is 1. The zero-order valence-corrected chi connectivity index (χ0v) is 26.6. The van der Waals surface area contributed by atoms with Gasteiger partial charge in [0.15, 0.2) is 17.2 Å². The fraction of sp³-hybridized carbons (Fsp3) is 0.308. The van der Waals surface area contributed by atoms with Gasteiger partial charge in [-0.2, -0.15) is 5.10 Å². The van der Waals surface area contributed by atoms with Gasteiger partial charge < -0.3 is 15.4 Å². The van der Waals surface area contributed by atoms with Crippen LogP contribution in [0.15, 0.2) is 43.0 Å². The molecule has 0 radical (unpaired) electrons. The second kappa shape index (κ2) is 14.1. The van der Waals surface area contributed by atoms with Crippen molar-refractivity contribution in [2.75, 3.05) is 17.7 Å². The normalized spacial score (nSPS) is 10.6. The first-order valence-corrected chi connectivity index (χ1v) is 16.7. The van der Waals surface area contributed by atoms with E-state index in [1.54, 1.807) is 24.4 Å². The Kier molecular flexibility index (Phi) is 10.9. The van der Waals surface area contributed by atoms with Gasteiger partial charge in [-0.3, -0.25) is 9.02 Å². The van der Waals surface area contributed by atoms with Gasteiger partial charge in [-0.15, -0.1) is 0 Å². The van der Waals surface area contributed by atoms with Crippen molar-refractivity contribution in [3.63, 3.8) is 0 Å². The first kappa shape index (κ1) is 30.2. The van der Waals surface area contributed by atoms with Crippen molar-refractivity contribution in [1.82, 2.24) is 39.0 Å². The number of hydrogen-bond acceptors (Lipinski definition) is 9. The van der Waals surface area contributed by atoms with E-state index in [0.29, 0.717) is 35.4 Å². The highest BCUT2D eigenvalue weighted by Crippen LogP contribution is 2.39. The fourth-order valence-electron chi connectivity index (χ4n) is 3.76. The molecule has 0 aliphatic rings. The predicted octanol–water partition coefficient (Wildman–Crippen LogP) is 6.97. The Balaban J connectivity index is 0.00000100. The summed E-state index contributed by atoms with van der Waals surface area (Å²) in [6.45, 7) is 11.8. The van der Waals surface area contributed by atoms with Crippen LogP contribution in [-0.2, 0) is 7.05 Å². The monoisotopic (exact) mass is 660 g/mol. The molecule has 2 N–H and O–H groups in total. The number of anilines is 4. The number of methoxy groups -OCH3 is 1. The van der Waals surface area contributed by atoms with Gasteiger partial charge in [0.05, 0.1) is 30.4 Å². The summed E-state index contributed by atoms with van der Waals surface area (Å²) in [6, 6.07) is 9.61. The van der Waals surface area contributed by atoms with Crippen molar-refractivity contribution in [1.29, 1.82) is 0 Å². The molecule has 39 heavy (non-hydrogen) atoms. The molecule has 0 fully saturated rings. The van der Waals surface area contributed by atoms with Gasteiger partial charge in [0.25, 0.3) is 0 Å². The zero-order valence-electron chi connectivity index (χ0n) is 23.4. The second-order valence-corrected chi connectivity index (χ2v) is 9.84. The summed E-state index contributed by atoms with van der Waals surface area (Å²) in [6.07, 6.45) is 3.90. The molecular formula is C26H34IN10OP. The minimum Gasteiger partial charge on any atom is -0.494 e. The standard InChI is InChI=1S/C22H22IN10OP.2C2H6/c1-12-8-17(27-13(2)26-12)29-18-9-16(19-22(30-18)33(35-23)11-24-19)28-15-7-5-6-14(20(15)34-4)21-25-10-32(3)31-21;2*1-2/h5-11,35H,1-4H3,(H2,26,27,28,29,30);2*1-2H3. The fourth-order valence-corrected chi connectivity index (χ4v) is 5.16. The number of halogens is 1. The van der Waals surface area contributed by atoms with E-state index in [1.165, 1.54) is 0 Å². The molecule has 0 spiro atoms. The highest BCUT2D eigenvalue weighted by Gasteiger charge is 2.18. The number of benzene rings is 1. The quantitative estimate of drug-likeness (QED) is 0.141. The average Bonchev–Trinajstić information content (AvgIpc) is 3.56. The van der Waals surface area contributed by atoms with E-state index < -0.39 is 0 Å². The summed E-state index contributed by atoms with van der Waals surface area (Å²) in [4.78, 5) is 22.6. The zero-order chi connectivity index (χ0) is 28.5. The summed E-state index contributed by atoms with van der Waals surface area (Å²) in [5, 5.41) is 11.2. The number of hydrogen-bond donors (Lipinski definition) is 2. The number of para-hydroxylation sites is 1. The third kappa shape index (κ3) is 6.99. The van der Waals surface area contributed by atoms with Gasteiger partial charge in [0.1, 0.15) is 35.6 Å². The summed E-state index contributed by atoms with van der Waals surface area (Å²) in [5.41, 5.74) is 4.71. The van der Waals surface area contributed by atoms with Crippen molar-refractivity contribution in [3.05, 3.63) is 54.5 Å². The van der Waals surface area contributed by atoms with Gasteiger partial charge in [-0.05, 0) is 48.0 Å². The topological polar surface area (TPSA) is 120 Å². The van der Waals surface area contributed by atoms with Crippen molar-refractivity contribution in [2.24, 2.45) is 7.05 Å². The number of ether oxygens (including phenoxy) is 1. The maximum atomic E-state index is 5.78. The largest absolute Gasteiger partial charge is 0.494 e. The van der Waals surface area contributed by atoms with Crippen LogP contribution in [0.4, 0.5) is 23.0 Å². The minimum absolute atomic E-state index is 0.449. The van der Waals surface area contributed by atoms with E-state index in [9.17, 15) is 0 Å². The summed E-state index contributed by atoms with van der Waals surface area (Å²) < 4.78 is 9.45. The van der Waals surface area contributed by atoms with Crippen LogP contribution >= 0.6 is 28.4 Å². The predicted molar refractivity (Wildman–Crippen MR) is 169 cm³/mol. The van der Waals surface area contributed by atoms with Crippen molar-refractivity contribution in [3.8, 4) is 17.1 Å². The molecule has 13 heteroatoms. The Hall–Kier alpha value is -3.38. The number of aryl methyl sites for hydroxylation is 3. The number of nitrogens with zero attached hydrogens (tertiary/aromatic N) is 8. The van der Waals surface area contributed by atoms with Crippen LogP contribution in [0.25, 0.3) is 22.6 Å². The summed E-state index contributed by atoms with van der Waals surface area (Å²) >= 11 is 2.31. The van der Waals surface area contributed by atoms with Crippen molar-refractivity contribution < 1.29 is 4.74 Å². The molecule has 0 saturated heterocycles. The van der Waals surface area contributed by atoms with Crippen LogP contribution in [0.5, 0.6) is 5.75 Å². The highest BCUT2D eigenvalue weighted by molar-refractivity contribution is 14.2. The van der Waals surface area contributed by atoms with Crippen LogP contribution in [0.1, 0.15) is 39.2 Å². The second-order valence-electron chi connectivity index (χ2n) is 7.75. The Morgan fingerprint density at radius 1 is 0.897 bits per heavy atom. The molecule has 1 unspecified atom stereocenters. The maximum absolute atomic E-state index is 5.78. The molecule has 0 aliphatic carbocycles. The molecular weight excluding hydrogens is 626 g/mol. The third-order valence-corrected chi connectivity index (χ3v) is 7.22. The van der Waals surface area contributed by atoms with Gasteiger partial charge in [0.2, 0.25) is 0 Å². The number of nitrogens with one attached hydrogen (secondary N) is 2. The number of aromatic nitrogens is 8.